The molecule has 3 unspecified atom stereocenters. The Morgan fingerprint density at radius 3 is 1.81 bits per heavy atom. The van der Waals surface area contributed by atoms with Gasteiger partial charge in [0.2, 0.25) is 0 Å². The second-order valence-electron chi connectivity index (χ2n) is 4.44. The molecule has 0 aliphatic carbocycles. The van der Waals surface area contributed by atoms with E-state index in [2.05, 4.69) is 0 Å². The van der Waals surface area contributed by atoms with Crippen LogP contribution in [0.4, 0.5) is 4.39 Å². The summed E-state index contributed by atoms with van der Waals surface area (Å²) in [4.78, 5) is 33.3. The quantitative estimate of drug-likeness (QED) is 0.545. The summed E-state index contributed by atoms with van der Waals surface area (Å²) in [5, 5.41) is 9.76. The van der Waals surface area contributed by atoms with Gasteiger partial charge in [0.15, 0.2) is 24.6 Å². The first-order valence-corrected chi connectivity index (χ1v) is 6.17. The molecule has 1 heterocycles. The van der Waals surface area contributed by atoms with E-state index in [9.17, 15) is 23.9 Å². The van der Waals surface area contributed by atoms with Gasteiger partial charge in [-0.15, -0.1) is 0 Å². The number of carbonyl (C=O) groups is 3. The van der Waals surface area contributed by atoms with E-state index in [1.807, 2.05) is 0 Å². The van der Waals surface area contributed by atoms with Crippen LogP contribution in [-0.4, -0.2) is 60.4 Å². The summed E-state index contributed by atoms with van der Waals surface area (Å²) >= 11 is 0. The molecule has 9 heteroatoms. The summed E-state index contributed by atoms with van der Waals surface area (Å²) < 4.78 is 32.5. The van der Waals surface area contributed by atoms with Crippen molar-refractivity contribution in [3.8, 4) is 0 Å². The lowest BCUT2D eigenvalue weighted by atomic mass is 9.98. The van der Waals surface area contributed by atoms with Crippen molar-refractivity contribution in [1.82, 2.24) is 0 Å². The Kier molecular flexibility index (Phi) is 6.03. The van der Waals surface area contributed by atoms with Gasteiger partial charge in [0.05, 0.1) is 0 Å². The Labute approximate surface area is 120 Å². The van der Waals surface area contributed by atoms with Gasteiger partial charge in [0.25, 0.3) is 0 Å². The average molecular weight is 308 g/mol. The number of aliphatic hydroxyl groups excluding tert-OH is 1. The molecule has 0 saturated carbocycles. The van der Waals surface area contributed by atoms with Gasteiger partial charge in [-0.05, 0) is 0 Å². The first-order chi connectivity index (χ1) is 9.76. The number of ether oxygens (including phenoxy) is 4. The van der Waals surface area contributed by atoms with E-state index in [0.29, 0.717) is 0 Å². The maximum absolute atomic E-state index is 13.0. The van der Waals surface area contributed by atoms with Gasteiger partial charge < -0.3 is 24.1 Å². The second-order valence-corrected chi connectivity index (χ2v) is 4.44. The van der Waals surface area contributed by atoms with Crippen molar-refractivity contribution in [2.45, 2.75) is 51.5 Å². The van der Waals surface area contributed by atoms with Crippen LogP contribution >= 0.6 is 0 Å². The minimum atomic E-state index is -1.72. The second kappa shape index (κ2) is 7.32. The standard InChI is InChI=1S/C12H17FO8/c1-5(14)18-9-8(4-13)21-12(17)11(20-7(3)16)10(9)19-6(2)15/h8-12,17H,4H2,1-3H3/t8?,9-,10?,11?,12+/m0/s1. The van der Waals surface area contributed by atoms with Crippen LogP contribution in [0.5, 0.6) is 0 Å². The summed E-state index contributed by atoms with van der Waals surface area (Å²) in [6.45, 7) is 2.12. The number of esters is 3. The van der Waals surface area contributed by atoms with Gasteiger partial charge in [-0.25, -0.2) is 4.39 Å². The molecule has 8 nitrogen and oxygen atoms in total. The average Bonchev–Trinajstić information content (AvgIpc) is 2.35. The van der Waals surface area contributed by atoms with Gasteiger partial charge in [0, 0.05) is 20.8 Å². The number of carbonyl (C=O) groups excluding carboxylic acids is 3. The number of halogens is 1. The van der Waals surface area contributed by atoms with Crippen molar-refractivity contribution < 1.29 is 42.8 Å². The molecular weight excluding hydrogens is 291 g/mol. The molecule has 1 fully saturated rings. The van der Waals surface area contributed by atoms with E-state index in [4.69, 9.17) is 18.9 Å². The molecule has 0 aromatic heterocycles. The Morgan fingerprint density at radius 2 is 1.38 bits per heavy atom. The lowest BCUT2D eigenvalue weighted by Crippen LogP contribution is -2.61. The molecule has 1 rings (SSSR count). The molecule has 21 heavy (non-hydrogen) atoms. The lowest BCUT2D eigenvalue weighted by molar-refractivity contribution is -0.292. The maximum Gasteiger partial charge on any atom is 0.303 e. The number of rotatable bonds is 4. The fourth-order valence-electron chi connectivity index (χ4n) is 2.00. The smallest absolute Gasteiger partial charge is 0.303 e. The Hall–Kier alpha value is -1.74. The number of hydrogen-bond acceptors (Lipinski definition) is 8. The highest BCUT2D eigenvalue weighted by atomic mass is 19.1. The monoisotopic (exact) mass is 308 g/mol. The van der Waals surface area contributed by atoms with Gasteiger partial charge >= 0.3 is 17.9 Å². The number of aliphatic hydroxyl groups is 1. The highest BCUT2D eigenvalue weighted by molar-refractivity contribution is 5.68. The molecule has 1 aliphatic rings. The van der Waals surface area contributed by atoms with Crippen molar-refractivity contribution in [1.29, 1.82) is 0 Å². The van der Waals surface area contributed by atoms with E-state index in [-0.39, 0.29) is 0 Å². The fraction of sp³-hybridized carbons (Fsp3) is 0.750. The van der Waals surface area contributed by atoms with E-state index >= 15 is 0 Å². The first kappa shape index (κ1) is 17.3. The van der Waals surface area contributed by atoms with E-state index in [1.54, 1.807) is 0 Å². The third-order valence-electron chi connectivity index (χ3n) is 2.67. The minimum absolute atomic E-state index is 0.767. The predicted molar refractivity (Wildman–Crippen MR) is 63.5 cm³/mol. The minimum Gasteiger partial charge on any atom is -0.456 e. The summed E-state index contributed by atoms with van der Waals surface area (Å²) in [5.41, 5.74) is 0. The van der Waals surface area contributed by atoms with Gasteiger partial charge in [0.1, 0.15) is 12.8 Å². The zero-order valence-corrected chi connectivity index (χ0v) is 11.8. The molecule has 0 bridgehead atoms. The van der Waals surface area contributed by atoms with Crippen molar-refractivity contribution >= 4 is 17.9 Å². The van der Waals surface area contributed by atoms with Crippen LogP contribution in [0.1, 0.15) is 20.8 Å². The third-order valence-corrected chi connectivity index (χ3v) is 2.67. The Bertz CT molecular complexity index is 412. The van der Waals surface area contributed by atoms with Gasteiger partial charge in [-0.3, -0.25) is 14.4 Å². The molecule has 0 radical (unpaired) electrons. The normalized spacial score (nSPS) is 32.1. The Morgan fingerprint density at radius 1 is 0.952 bits per heavy atom. The molecule has 0 amide bonds. The van der Waals surface area contributed by atoms with Crippen molar-refractivity contribution in [2.24, 2.45) is 0 Å². The van der Waals surface area contributed by atoms with E-state index < -0.39 is 55.3 Å². The highest BCUT2D eigenvalue weighted by Crippen LogP contribution is 2.28. The topological polar surface area (TPSA) is 108 Å². The van der Waals surface area contributed by atoms with Crippen LogP contribution in [-0.2, 0) is 33.3 Å². The molecule has 120 valence electrons. The molecule has 0 aromatic rings. The van der Waals surface area contributed by atoms with Crippen LogP contribution in [0.15, 0.2) is 0 Å². The lowest BCUT2D eigenvalue weighted by Gasteiger charge is -2.42. The SMILES string of the molecule is CC(=O)OC1C(OC(C)=O)[C@H](O)OC(CF)[C@@H]1OC(C)=O. The van der Waals surface area contributed by atoms with E-state index in [1.165, 1.54) is 0 Å². The zero-order valence-electron chi connectivity index (χ0n) is 11.8. The first-order valence-electron chi connectivity index (χ1n) is 6.17. The van der Waals surface area contributed by atoms with Gasteiger partial charge in [-0.1, -0.05) is 0 Å². The fourth-order valence-corrected chi connectivity index (χ4v) is 2.00. The molecule has 1 saturated heterocycles. The van der Waals surface area contributed by atoms with Crippen molar-refractivity contribution in [3.05, 3.63) is 0 Å². The molecule has 5 atom stereocenters. The summed E-state index contributed by atoms with van der Waals surface area (Å²) in [5.74, 6) is -2.32. The van der Waals surface area contributed by atoms with Crippen LogP contribution in [0, 0.1) is 0 Å². The number of alkyl halides is 1. The van der Waals surface area contributed by atoms with Crippen LogP contribution in [0.3, 0.4) is 0 Å². The maximum atomic E-state index is 13.0. The van der Waals surface area contributed by atoms with E-state index in [0.717, 1.165) is 20.8 Å². The van der Waals surface area contributed by atoms with Crippen LogP contribution < -0.4 is 0 Å². The zero-order chi connectivity index (χ0) is 16.2. The molecule has 1 N–H and O–H groups in total. The van der Waals surface area contributed by atoms with Crippen LogP contribution in [0.25, 0.3) is 0 Å². The predicted octanol–water partition coefficient (Wildman–Crippen LogP) is -0.532. The highest BCUT2D eigenvalue weighted by Gasteiger charge is 2.51. The summed E-state index contributed by atoms with van der Waals surface area (Å²) in [7, 11) is 0. The molecule has 1 aliphatic heterocycles. The molecule has 0 aromatic carbocycles. The number of hydrogen-bond donors (Lipinski definition) is 1. The van der Waals surface area contributed by atoms with Crippen molar-refractivity contribution in [2.75, 3.05) is 6.67 Å². The molecular formula is C12H17FO8. The summed E-state index contributed by atoms with van der Waals surface area (Å²) in [6.07, 6.45) is -7.21. The van der Waals surface area contributed by atoms with Gasteiger partial charge in [-0.2, -0.15) is 0 Å². The third kappa shape index (κ3) is 4.64. The van der Waals surface area contributed by atoms with Crippen LogP contribution in [0.2, 0.25) is 0 Å². The van der Waals surface area contributed by atoms with Crippen molar-refractivity contribution in [3.63, 3.8) is 0 Å². The molecule has 0 spiro atoms. The largest absolute Gasteiger partial charge is 0.456 e. The Balaban J connectivity index is 3.08. The summed E-state index contributed by atoms with van der Waals surface area (Å²) in [6, 6.07) is 0.